The smallest absolute Gasteiger partial charge is 0.155 e. The highest BCUT2D eigenvalue weighted by atomic mass is 19.1. The van der Waals surface area contributed by atoms with Gasteiger partial charge in [-0.3, -0.25) is 5.10 Å². The first-order valence-corrected chi connectivity index (χ1v) is 9.38. The Labute approximate surface area is 157 Å². The number of H-pyrrole nitrogens is 1. The summed E-state index contributed by atoms with van der Waals surface area (Å²) in [7, 11) is 0. The van der Waals surface area contributed by atoms with Crippen molar-refractivity contribution in [1.29, 1.82) is 0 Å². The van der Waals surface area contributed by atoms with E-state index >= 15 is 0 Å². The topological polar surface area (TPSA) is 77.9 Å². The summed E-state index contributed by atoms with van der Waals surface area (Å²) < 4.78 is 14.5. The second-order valence-corrected chi connectivity index (χ2v) is 7.82. The molecule has 6 nitrogen and oxygen atoms in total. The first-order valence-electron chi connectivity index (χ1n) is 9.38. The molecule has 3 aromatic heterocycles. The molecule has 7 heteroatoms. The van der Waals surface area contributed by atoms with Crippen molar-refractivity contribution in [3.05, 3.63) is 36.3 Å². The highest BCUT2D eigenvalue weighted by Gasteiger charge is 2.34. The van der Waals surface area contributed by atoms with Gasteiger partial charge in [0.1, 0.15) is 17.2 Å². The molecular weight excluding hydrogens is 345 g/mol. The van der Waals surface area contributed by atoms with Crippen LogP contribution in [0.15, 0.2) is 30.5 Å². The van der Waals surface area contributed by atoms with Gasteiger partial charge in [0.2, 0.25) is 0 Å². The summed E-state index contributed by atoms with van der Waals surface area (Å²) in [4.78, 5) is 10.8. The van der Waals surface area contributed by atoms with Crippen molar-refractivity contribution in [2.24, 2.45) is 5.92 Å². The van der Waals surface area contributed by atoms with Gasteiger partial charge in [-0.2, -0.15) is 5.10 Å². The number of hydrogen-bond donors (Lipinski definition) is 2. The van der Waals surface area contributed by atoms with Gasteiger partial charge in [-0.05, 0) is 49.4 Å². The molecule has 4 rings (SSSR count). The molecule has 0 radical (unpaired) electrons. The van der Waals surface area contributed by atoms with E-state index < -0.39 is 11.4 Å². The molecule has 0 saturated carbocycles. The predicted molar refractivity (Wildman–Crippen MR) is 103 cm³/mol. The van der Waals surface area contributed by atoms with Gasteiger partial charge in [-0.1, -0.05) is 13.8 Å². The minimum Gasteiger partial charge on any atom is -0.388 e. The average molecular weight is 369 g/mol. The largest absolute Gasteiger partial charge is 0.388 e. The molecule has 0 unspecified atom stereocenters. The molecule has 142 valence electrons. The number of pyridine rings is 2. The number of piperidine rings is 1. The molecule has 1 aliphatic rings. The van der Waals surface area contributed by atoms with Crippen LogP contribution >= 0.6 is 0 Å². The highest BCUT2D eigenvalue weighted by Crippen LogP contribution is 2.32. The first kappa shape index (κ1) is 17.9. The fourth-order valence-corrected chi connectivity index (χ4v) is 4.04. The maximum atomic E-state index is 14.5. The number of nitrogens with one attached hydrogen (secondary N) is 1. The molecule has 1 aliphatic heterocycles. The van der Waals surface area contributed by atoms with E-state index in [1.807, 2.05) is 11.0 Å². The second-order valence-electron chi connectivity index (χ2n) is 7.82. The quantitative estimate of drug-likeness (QED) is 0.735. The number of fused-ring (bicyclic) bond motifs is 1. The van der Waals surface area contributed by atoms with E-state index in [0.29, 0.717) is 29.6 Å². The number of anilines is 1. The van der Waals surface area contributed by atoms with Gasteiger partial charge in [-0.15, -0.1) is 0 Å². The van der Waals surface area contributed by atoms with Crippen molar-refractivity contribution in [2.45, 2.75) is 38.7 Å². The summed E-state index contributed by atoms with van der Waals surface area (Å²) in [5, 5.41) is 18.7. The molecule has 27 heavy (non-hydrogen) atoms. The van der Waals surface area contributed by atoms with Crippen LogP contribution in [0.3, 0.4) is 0 Å². The van der Waals surface area contributed by atoms with Crippen LogP contribution in [-0.2, 0) is 0 Å². The van der Waals surface area contributed by atoms with Gasteiger partial charge in [0.05, 0.1) is 5.60 Å². The Morgan fingerprint density at radius 1 is 1.30 bits per heavy atom. The maximum Gasteiger partial charge on any atom is 0.155 e. The van der Waals surface area contributed by atoms with Crippen LogP contribution in [0.2, 0.25) is 0 Å². The summed E-state index contributed by atoms with van der Waals surface area (Å²) in [5.74, 6) is 0.647. The third kappa shape index (κ3) is 3.51. The van der Waals surface area contributed by atoms with Gasteiger partial charge in [-0.25, -0.2) is 14.4 Å². The zero-order valence-corrected chi connectivity index (χ0v) is 15.6. The van der Waals surface area contributed by atoms with Crippen LogP contribution in [0.4, 0.5) is 10.2 Å². The SMILES string of the molecule is CC(C)C[C@@]1(O)CCCN(c2ccc(F)c(-c3n[nH]c4ncccc34)n2)C1. The van der Waals surface area contributed by atoms with E-state index in [-0.39, 0.29) is 5.69 Å². The van der Waals surface area contributed by atoms with Crippen molar-refractivity contribution in [3.63, 3.8) is 0 Å². The predicted octanol–water partition coefficient (Wildman–Crippen LogP) is 3.54. The zero-order valence-electron chi connectivity index (χ0n) is 15.6. The van der Waals surface area contributed by atoms with Gasteiger partial charge >= 0.3 is 0 Å². The van der Waals surface area contributed by atoms with E-state index in [1.165, 1.54) is 6.07 Å². The van der Waals surface area contributed by atoms with Crippen LogP contribution in [0, 0.1) is 11.7 Å². The normalized spacial score (nSPS) is 20.6. The summed E-state index contributed by atoms with van der Waals surface area (Å²) in [6.45, 7) is 5.53. The van der Waals surface area contributed by atoms with Gasteiger partial charge in [0, 0.05) is 24.7 Å². The fraction of sp³-hybridized carbons (Fsp3) is 0.450. The maximum absolute atomic E-state index is 14.5. The molecule has 2 N–H and O–H groups in total. The monoisotopic (exact) mass is 369 g/mol. The lowest BCUT2D eigenvalue weighted by Gasteiger charge is -2.40. The Morgan fingerprint density at radius 2 is 2.15 bits per heavy atom. The van der Waals surface area contributed by atoms with Gasteiger partial charge in [0.25, 0.3) is 0 Å². The summed E-state index contributed by atoms with van der Waals surface area (Å²) in [5.41, 5.74) is 0.519. The van der Waals surface area contributed by atoms with Crippen molar-refractivity contribution in [3.8, 4) is 11.4 Å². The Bertz CT molecular complexity index is 956. The number of aromatic nitrogens is 4. The summed E-state index contributed by atoms with van der Waals surface area (Å²) in [6, 6.07) is 6.73. The Kier molecular flexibility index (Phi) is 4.55. The standard InChI is InChI=1S/C20H24FN5O/c1-13(2)11-20(27)8-4-10-26(12-20)16-7-6-15(21)18(23-16)17-14-5-3-9-22-19(14)25-24-17/h3,5-7,9,13,27H,4,8,10-12H2,1-2H3,(H,22,24,25)/t20-/m0/s1. The molecule has 0 aromatic carbocycles. The molecule has 0 spiro atoms. The third-order valence-electron chi connectivity index (χ3n) is 5.06. The molecule has 4 heterocycles. The first-order chi connectivity index (χ1) is 13.0. The van der Waals surface area contributed by atoms with Gasteiger partial charge in [0.15, 0.2) is 11.5 Å². The minimum atomic E-state index is -0.731. The van der Waals surface area contributed by atoms with Crippen LogP contribution in [0.1, 0.15) is 33.1 Å². The molecular formula is C20H24FN5O. The molecule has 3 aromatic rings. The fourth-order valence-electron chi connectivity index (χ4n) is 4.04. The van der Waals surface area contributed by atoms with Crippen molar-refractivity contribution in [1.82, 2.24) is 20.2 Å². The van der Waals surface area contributed by atoms with Crippen molar-refractivity contribution < 1.29 is 9.50 Å². The van der Waals surface area contributed by atoms with Crippen molar-refractivity contribution in [2.75, 3.05) is 18.0 Å². The Morgan fingerprint density at radius 3 is 2.96 bits per heavy atom. The van der Waals surface area contributed by atoms with E-state index in [2.05, 4.69) is 34.0 Å². The van der Waals surface area contributed by atoms with Crippen LogP contribution < -0.4 is 4.90 Å². The van der Waals surface area contributed by atoms with Gasteiger partial charge < -0.3 is 10.0 Å². The number of nitrogens with zero attached hydrogens (tertiary/aromatic N) is 4. The van der Waals surface area contributed by atoms with Crippen LogP contribution in [-0.4, -0.2) is 44.0 Å². The van der Waals surface area contributed by atoms with E-state index in [9.17, 15) is 9.50 Å². The van der Waals surface area contributed by atoms with Crippen molar-refractivity contribution >= 4 is 16.9 Å². The lowest BCUT2D eigenvalue weighted by atomic mass is 9.85. The van der Waals surface area contributed by atoms with E-state index in [0.717, 1.165) is 31.2 Å². The van der Waals surface area contributed by atoms with Crippen LogP contribution in [0.5, 0.6) is 0 Å². The van der Waals surface area contributed by atoms with E-state index in [4.69, 9.17) is 0 Å². The lowest BCUT2D eigenvalue weighted by Crippen LogP contribution is -2.49. The number of aromatic amines is 1. The second kappa shape index (κ2) is 6.88. The summed E-state index contributed by atoms with van der Waals surface area (Å²) >= 11 is 0. The number of rotatable bonds is 4. The number of hydrogen-bond acceptors (Lipinski definition) is 5. The third-order valence-corrected chi connectivity index (χ3v) is 5.06. The van der Waals surface area contributed by atoms with E-state index in [1.54, 1.807) is 18.3 Å². The lowest BCUT2D eigenvalue weighted by molar-refractivity contribution is 0.00662. The minimum absolute atomic E-state index is 0.199. The molecule has 0 amide bonds. The number of aliphatic hydroxyl groups is 1. The highest BCUT2D eigenvalue weighted by molar-refractivity contribution is 5.89. The molecule has 1 saturated heterocycles. The summed E-state index contributed by atoms with van der Waals surface area (Å²) in [6.07, 6.45) is 4.07. The zero-order chi connectivity index (χ0) is 19.0. The van der Waals surface area contributed by atoms with Crippen LogP contribution in [0.25, 0.3) is 22.4 Å². The number of β-amino-alcohol motifs (C(OH)–C–C–N with tert-alkyl or cyclic N) is 1. The number of halogens is 1. The Hall–Kier alpha value is -2.54. The Balaban J connectivity index is 1.68. The average Bonchev–Trinajstić information content (AvgIpc) is 3.05. The molecule has 1 fully saturated rings. The molecule has 0 bridgehead atoms. The molecule has 1 atom stereocenters. The molecule has 0 aliphatic carbocycles.